The number of hydrogen-bond donors (Lipinski definition) is 2. The molecule has 2 aromatic rings. The number of nitrogens with one attached hydrogen (secondary N) is 1. The van der Waals surface area contributed by atoms with Crippen molar-refractivity contribution in [3.63, 3.8) is 0 Å². The summed E-state index contributed by atoms with van der Waals surface area (Å²) in [7, 11) is 0. The molecule has 0 radical (unpaired) electrons. The van der Waals surface area contributed by atoms with Gasteiger partial charge < -0.3 is 11.1 Å². The lowest BCUT2D eigenvalue weighted by atomic mass is 10.1. The predicted molar refractivity (Wildman–Crippen MR) is 75.0 cm³/mol. The highest BCUT2D eigenvalue weighted by atomic mass is 35.5. The van der Waals surface area contributed by atoms with Crippen LogP contribution in [0.4, 0.5) is 15.8 Å². The van der Waals surface area contributed by atoms with Crippen LogP contribution in [0.5, 0.6) is 0 Å². The SMILES string of the molecule is Cc1cc(F)c(NC(=O)c2cccc(Cl)c2)cc1N. The van der Waals surface area contributed by atoms with E-state index in [2.05, 4.69) is 5.32 Å². The maximum atomic E-state index is 13.7. The molecule has 3 nitrogen and oxygen atoms in total. The molecule has 0 aliphatic carbocycles. The van der Waals surface area contributed by atoms with Gasteiger partial charge in [0, 0.05) is 16.3 Å². The minimum Gasteiger partial charge on any atom is -0.398 e. The third-order valence-electron chi connectivity index (χ3n) is 2.69. The number of anilines is 2. The van der Waals surface area contributed by atoms with E-state index in [4.69, 9.17) is 17.3 Å². The molecule has 3 N–H and O–H groups in total. The predicted octanol–water partition coefficient (Wildman–Crippen LogP) is 3.62. The summed E-state index contributed by atoms with van der Waals surface area (Å²) >= 11 is 5.80. The minimum absolute atomic E-state index is 0.0491. The van der Waals surface area contributed by atoms with Crippen LogP contribution in [0.3, 0.4) is 0 Å². The van der Waals surface area contributed by atoms with Gasteiger partial charge in [-0.15, -0.1) is 0 Å². The summed E-state index contributed by atoms with van der Waals surface area (Å²) < 4.78 is 13.7. The molecule has 5 heteroatoms. The van der Waals surface area contributed by atoms with Crippen LogP contribution in [-0.4, -0.2) is 5.91 Å². The van der Waals surface area contributed by atoms with Crippen LogP contribution in [0.1, 0.15) is 15.9 Å². The van der Waals surface area contributed by atoms with E-state index in [9.17, 15) is 9.18 Å². The highest BCUT2D eigenvalue weighted by molar-refractivity contribution is 6.31. The van der Waals surface area contributed by atoms with E-state index in [1.54, 1.807) is 25.1 Å². The first kappa shape index (κ1) is 13.4. The Kier molecular flexibility index (Phi) is 3.71. The number of aryl methyl sites for hydroxylation is 1. The number of carbonyl (C=O) groups is 1. The zero-order chi connectivity index (χ0) is 14.0. The molecule has 0 heterocycles. The maximum Gasteiger partial charge on any atom is 0.255 e. The van der Waals surface area contributed by atoms with Crippen LogP contribution in [0.25, 0.3) is 0 Å². The average molecular weight is 279 g/mol. The maximum absolute atomic E-state index is 13.7. The van der Waals surface area contributed by atoms with Crippen LogP contribution >= 0.6 is 11.6 Å². The fraction of sp³-hybridized carbons (Fsp3) is 0.0714. The average Bonchev–Trinajstić information content (AvgIpc) is 2.36. The number of amides is 1. The first-order valence-corrected chi connectivity index (χ1v) is 5.97. The van der Waals surface area contributed by atoms with E-state index in [0.29, 0.717) is 21.8 Å². The van der Waals surface area contributed by atoms with Gasteiger partial charge in [-0.1, -0.05) is 17.7 Å². The molecule has 0 aliphatic rings. The van der Waals surface area contributed by atoms with E-state index in [1.165, 1.54) is 18.2 Å². The summed E-state index contributed by atoms with van der Waals surface area (Å²) in [6.07, 6.45) is 0. The van der Waals surface area contributed by atoms with Crippen LogP contribution in [0, 0.1) is 12.7 Å². The largest absolute Gasteiger partial charge is 0.398 e. The fourth-order valence-electron chi connectivity index (χ4n) is 1.61. The van der Waals surface area contributed by atoms with Gasteiger partial charge in [-0.25, -0.2) is 4.39 Å². The Morgan fingerprint density at radius 1 is 1.32 bits per heavy atom. The summed E-state index contributed by atoms with van der Waals surface area (Å²) in [5.41, 5.74) is 7.13. The quantitative estimate of drug-likeness (QED) is 0.824. The van der Waals surface area contributed by atoms with Crippen molar-refractivity contribution in [3.05, 3.63) is 58.4 Å². The van der Waals surface area contributed by atoms with Gasteiger partial charge >= 0.3 is 0 Å². The Labute approximate surface area is 115 Å². The summed E-state index contributed by atoms with van der Waals surface area (Å²) in [6.45, 7) is 1.70. The Bertz CT molecular complexity index is 643. The fourth-order valence-corrected chi connectivity index (χ4v) is 1.80. The van der Waals surface area contributed by atoms with E-state index in [0.717, 1.165) is 0 Å². The van der Waals surface area contributed by atoms with Crippen LogP contribution in [0.15, 0.2) is 36.4 Å². The summed E-state index contributed by atoms with van der Waals surface area (Å²) in [5, 5.41) is 2.91. The topological polar surface area (TPSA) is 55.1 Å². The number of nitrogens with two attached hydrogens (primary N) is 1. The zero-order valence-electron chi connectivity index (χ0n) is 10.2. The molecular weight excluding hydrogens is 267 g/mol. The van der Waals surface area contributed by atoms with Gasteiger partial charge in [-0.3, -0.25) is 4.79 Å². The number of benzene rings is 2. The highest BCUT2D eigenvalue weighted by Crippen LogP contribution is 2.22. The van der Waals surface area contributed by atoms with Crippen molar-refractivity contribution in [1.82, 2.24) is 0 Å². The molecule has 19 heavy (non-hydrogen) atoms. The molecule has 0 saturated heterocycles. The van der Waals surface area contributed by atoms with Crippen molar-refractivity contribution in [2.24, 2.45) is 0 Å². The number of halogens is 2. The molecule has 2 rings (SSSR count). The number of nitrogen functional groups attached to an aromatic ring is 1. The molecule has 0 saturated carbocycles. The lowest BCUT2D eigenvalue weighted by Crippen LogP contribution is -2.13. The van der Waals surface area contributed by atoms with Crippen LogP contribution in [0.2, 0.25) is 5.02 Å². The van der Waals surface area contributed by atoms with Gasteiger partial charge in [-0.05, 0) is 42.8 Å². The number of hydrogen-bond acceptors (Lipinski definition) is 2. The monoisotopic (exact) mass is 278 g/mol. The molecule has 0 aromatic heterocycles. The molecule has 0 aliphatic heterocycles. The molecule has 0 atom stereocenters. The molecule has 1 amide bonds. The van der Waals surface area contributed by atoms with Crippen molar-refractivity contribution in [2.75, 3.05) is 11.1 Å². The molecule has 0 fully saturated rings. The van der Waals surface area contributed by atoms with Gasteiger partial charge in [0.15, 0.2) is 0 Å². The molecule has 0 bridgehead atoms. The molecule has 98 valence electrons. The van der Waals surface area contributed by atoms with Gasteiger partial charge in [0.05, 0.1) is 5.69 Å². The first-order valence-electron chi connectivity index (χ1n) is 5.60. The van der Waals surface area contributed by atoms with Crippen molar-refractivity contribution in [3.8, 4) is 0 Å². The van der Waals surface area contributed by atoms with Gasteiger partial charge in [0.1, 0.15) is 5.82 Å². The molecule has 2 aromatic carbocycles. The number of rotatable bonds is 2. The summed E-state index contributed by atoms with van der Waals surface area (Å²) in [5.74, 6) is -0.966. The highest BCUT2D eigenvalue weighted by Gasteiger charge is 2.11. The first-order chi connectivity index (χ1) is 8.97. The smallest absolute Gasteiger partial charge is 0.255 e. The zero-order valence-corrected chi connectivity index (χ0v) is 11.0. The Balaban J connectivity index is 2.27. The standard InChI is InChI=1S/C14H12ClFN2O/c1-8-5-11(16)13(7-12(8)17)18-14(19)9-3-2-4-10(15)6-9/h2-7H,17H2,1H3,(H,18,19). The Morgan fingerprint density at radius 3 is 2.74 bits per heavy atom. The van der Waals surface area contributed by atoms with Gasteiger partial charge in [0.25, 0.3) is 5.91 Å². The second-order valence-electron chi connectivity index (χ2n) is 4.15. The van der Waals surface area contributed by atoms with Crippen molar-refractivity contribution in [1.29, 1.82) is 0 Å². The van der Waals surface area contributed by atoms with E-state index >= 15 is 0 Å². The van der Waals surface area contributed by atoms with Crippen molar-refractivity contribution >= 4 is 28.9 Å². The van der Waals surface area contributed by atoms with E-state index in [1.807, 2.05) is 0 Å². The number of carbonyl (C=O) groups excluding carboxylic acids is 1. The van der Waals surface area contributed by atoms with Crippen LogP contribution in [-0.2, 0) is 0 Å². The summed E-state index contributed by atoms with van der Waals surface area (Å²) in [6, 6.07) is 9.08. The van der Waals surface area contributed by atoms with E-state index < -0.39 is 11.7 Å². The second kappa shape index (κ2) is 5.28. The van der Waals surface area contributed by atoms with Crippen LogP contribution < -0.4 is 11.1 Å². The van der Waals surface area contributed by atoms with Gasteiger partial charge in [-0.2, -0.15) is 0 Å². The molecule has 0 unspecified atom stereocenters. The van der Waals surface area contributed by atoms with Gasteiger partial charge in [0.2, 0.25) is 0 Å². The second-order valence-corrected chi connectivity index (χ2v) is 4.59. The van der Waals surface area contributed by atoms with Crippen molar-refractivity contribution < 1.29 is 9.18 Å². The third kappa shape index (κ3) is 3.03. The van der Waals surface area contributed by atoms with E-state index in [-0.39, 0.29) is 5.69 Å². The summed E-state index contributed by atoms with van der Waals surface area (Å²) in [4.78, 5) is 11.9. The minimum atomic E-state index is -0.526. The lowest BCUT2D eigenvalue weighted by Gasteiger charge is -2.09. The molecule has 0 spiro atoms. The third-order valence-corrected chi connectivity index (χ3v) is 2.93. The lowest BCUT2D eigenvalue weighted by molar-refractivity contribution is 0.102. The molecular formula is C14H12ClFN2O. The normalized spacial score (nSPS) is 10.3. The Morgan fingerprint density at radius 2 is 2.05 bits per heavy atom. The van der Waals surface area contributed by atoms with Crippen molar-refractivity contribution in [2.45, 2.75) is 6.92 Å². The Hall–Kier alpha value is -2.07.